The molecule has 0 radical (unpaired) electrons. The first-order valence-electron chi connectivity index (χ1n) is 5.19. The molecule has 0 aromatic carbocycles. The maximum atomic E-state index is 5.04. The Morgan fingerprint density at radius 1 is 1.31 bits per heavy atom. The molecular formula is C10H22N2O. The number of hydrogen-bond donors (Lipinski definition) is 1. The Bertz CT molecular complexity index is 131. The fourth-order valence-electron chi connectivity index (χ4n) is 2.06. The molecule has 0 aliphatic carbocycles. The monoisotopic (exact) mass is 186 g/mol. The van der Waals surface area contributed by atoms with Crippen molar-refractivity contribution in [1.82, 2.24) is 10.2 Å². The summed E-state index contributed by atoms with van der Waals surface area (Å²) in [7, 11) is 1.77. The third-order valence-corrected chi connectivity index (χ3v) is 2.46. The summed E-state index contributed by atoms with van der Waals surface area (Å²) in [5, 5.41) is 3.53. The summed E-state index contributed by atoms with van der Waals surface area (Å²) >= 11 is 0. The van der Waals surface area contributed by atoms with E-state index in [1.807, 2.05) is 0 Å². The Labute approximate surface area is 81.4 Å². The summed E-state index contributed by atoms with van der Waals surface area (Å²) < 4.78 is 5.04. The van der Waals surface area contributed by atoms with Crippen molar-refractivity contribution >= 4 is 0 Å². The van der Waals surface area contributed by atoms with Gasteiger partial charge >= 0.3 is 0 Å². The van der Waals surface area contributed by atoms with Crippen LogP contribution in [0.3, 0.4) is 0 Å². The van der Waals surface area contributed by atoms with Gasteiger partial charge in [-0.1, -0.05) is 0 Å². The molecule has 1 N–H and O–H groups in total. The van der Waals surface area contributed by atoms with Crippen LogP contribution in [0.5, 0.6) is 0 Å². The van der Waals surface area contributed by atoms with Gasteiger partial charge in [0.05, 0.1) is 0 Å². The van der Waals surface area contributed by atoms with Gasteiger partial charge in [0.15, 0.2) is 0 Å². The van der Waals surface area contributed by atoms with Crippen molar-refractivity contribution in [2.24, 2.45) is 0 Å². The second kappa shape index (κ2) is 5.58. The summed E-state index contributed by atoms with van der Waals surface area (Å²) in [5.41, 5.74) is 0. The first-order valence-corrected chi connectivity index (χ1v) is 5.19. The molecule has 3 nitrogen and oxygen atoms in total. The van der Waals surface area contributed by atoms with Crippen molar-refractivity contribution in [2.75, 3.05) is 33.4 Å². The van der Waals surface area contributed by atoms with Crippen molar-refractivity contribution in [3.8, 4) is 0 Å². The van der Waals surface area contributed by atoms with E-state index in [1.165, 1.54) is 19.6 Å². The van der Waals surface area contributed by atoms with Crippen molar-refractivity contribution in [3.05, 3.63) is 0 Å². The lowest BCUT2D eigenvalue weighted by Gasteiger charge is -2.36. The zero-order chi connectivity index (χ0) is 9.68. The highest BCUT2D eigenvalue weighted by Gasteiger charge is 2.19. The maximum absolute atomic E-state index is 5.04. The molecule has 1 heterocycles. The average Bonchev–Trinajstić information content (AvgIpc) is 2.03. The van der Waals surface area contributed by atoms with Crippen LogP contribution in [-0.4, -0.2) is 50.3 Å². The first kappa shape index (κ1) is 11.0. The second-order valence-corrected chi connectivity index (χ2v) is 4.07. The number of piperazine rings is 1. The Kier molecular flexibility index (Phi) is 4.70. The van der Waals surface area contributed by atoms with Gasteiger partial charge in [-0.3, -0.25) is 0 Å². The Hall–Kier alpha value is -0.120. The molecule has 0 unspecified atom stereocenters. The molecule has 0 saturated carbocycles. The van der Waals surface area contributed by atoms with Gasteiger partial charge in [0.1, 0.15) is 0 Å². The molecule has 0 aromatic rings. The summed E-state index contributed by atoms with van der Waals surface area (Å²) in [6.07, 6.45) is 1.15. The molecule has 78 valence electrons. The molecule has 1 aliphatic rings. The van der Waals surface area contributed by atoms with E-state index in [2.05, 4.69) is 24.1 Å². The fourth-order valence-corrected chi connectivity index (χ4v) is 2.06. The van der Waals surface area contributed by atoms with E-state index in [1.54, 1.807) is 7.11 Å². The minimum atomic E-state index is 0.631. The molecule has 13 heavy (non-hydrogen) atoms. The lowest BCUT2D eigenvalue weighted by Crippen LogP contribution is -2.54. The largest absolute Gasteiger partial charge is 0.385 e. The van der Waals surface area contributed by atoms with Gasteiger partial charge in [-0.25, -0.2) is 0 Å². The van der Waals surface area contributed by atoms with Gasteiger partial charge in [0, 0.05) is 45.4 Å². The van der Waals surface area contributed by atoms with E-state index in [4.69, 9.17) is 4.74 Å². The first-order chi connectivity index (χ1) is 6.22. The smallest absolute Gasteiger partial charge is 0.0474 e. The molecular weight excluding hydrogens is 164 g/mol. The number of ether oxygens (including phenoxy) is 1. The molecule has 0 bridgehead atoms. The van der Waals surface area contributed by atoms with Crippen molar-refractivity contribution in [2.45, 2.75) is 32.4 Å². The van der Waals surface area contributed by atoms with Crippen LogP contribution in [0.25, 0.3) is 0 Å². The van der Waals surface area contributed by atoms with Gasteiger partial charge in [-0.15, -0.1) is 0 Å². The van der Waals surface area contributed by atoms with Gasteiger partial charge in [0.25, 0.3) is 0 Å². The van der Waals surface area contributed by atoms with E-state index in [9.17, 15) is 0 Å². The zero-order valence-electron chi connectivity index (χ0n) is 9.05. The standard InChI is InChI=1S/C10H22N2O/c1-9-7-12(5-4-6-13-3)8-10(2)11-9/h9-11H,4-8H2,1-3H3/t9-,10+. The number of nitrogens with one attached hydrogen (secondary N) is 1. The minimum absolute atomic E-state index is 0.631. The summed E-state index contributed by atoms with van der Waals surface area (Å²) in [4.78, 5) is 2.52. The predicted octanol–water partition coefficient (Wildman–Crippen LogP) is 0.705. The SMILES string of the molecule is COCCCN1C[C@@H](C)N[C@@H](C)C1. The van der Waals surface area contributed by atoms with E-state index >= 15 is 0 Å². The molecule has 1 fully saturated rings. The van der Waals surface area contributed by atoms with Gasteiger partial charge in [-0.05, 0) is 20.3 Å². The number of hydrogen-bond acceptors (Lipinski definition) is 3. The molecule has 3 heteroatoms. The highest BCUT2D eigenvalue weighted by Crippen LogP contribution is 2.04. The van der Waals surface area contributed by atoms with Crippen LogP contribution < -0.4 is 5.32 Å². The van der Waals surface area contributed by atoms with Gasteiger partial charge in [0.2, 0.25) is 0 Å². The molecule has 0 spiro atoms. The topological polar surface area (TPSA) is 24.5 Å². The van der Waals surface area contributed by atoms with Crippen LogP contribution >= 0.6 is 0 Å². The van der Waals surface area contributed by atoms with Crippen LogP contribution in [-0.2, 0) is 4.74 Å². The average molecular weight is 186 g/mol. The number of nitrogens with zero attached hydrogens (tertiary/aromatic N) is 1. The minimum Gasteiger partial charge on any atom is -0.385 e. The highest BCUT2D eigenvalue weighted by atomic mass is 16.5. The molecule has 1 aliphatic heterocycles. The Balaban J connectivity index is 2.17. The van der Waals surface area contributed by atoms with E-state index < -0.39 is 0 Å². The fraction of sp³-hybridized carbons (Fsp3) is 1.00. The Morgan fingerprint density at radius 2 is 1.92 bits per heavy atom. The molecule has 1 rings (SSSR count). The molecule has 0 aromatic heterocycles. The normalized spacial score (nSPS) is 30.7. The molecule has 0 amide bonds. The van der Waals surface area contributed by atoms with Crippen molar-refractivity contribution in [1.29, 1.82) is 0 Å². The van der Waals surface area contributed by atoms with E-state index in [0.29, 0.717) is 12.1 Å². The van der Waals surface area contributed by atoms with Crippen LogP contribution in [0, 0.1) is 0 Å². The van der Waals surface area contributed by atoms with Crippen LogP contribution in [0.4, 0.5) is 0 Å². The van der Waals surface area contributed by atoms with E-state index in [0.717, 1.165) is 13.0 Å². The number of rotatable bonds is 4. The predicted molar refractivity (Wildman–Crippen MR) is 55.0 cm³/mol. The number of methoxy groups -OCH3 is 1. The lowest BCUT2D eigenvalue weighted by molar-refractivity contribution is 0.141. The summed E-state index contributed by atoms with van der Waals surface area (Å²) in [6.45, 7) is 8.90. The molecule has 2 atom stereocenters. The highest BCUT2D eigenvalue weighted by molar-refractivity contribution is 4.80. The second-order valence-electron chi connectivity index (χ2n) is 4.07. The maximum Gasteiger partial charge on any atom is 0.0474 e. The van der Waals surface area contributed by atoms with Crippen LogP contribution in [0.2, 0.25) is 0 Å². The summed E-state index contributed by atoms with van der Waals surface area (Å²) in [6, 6.07) is 1.26. The quantitative estimate of drug-likeness (QED) is 0.654. The van der Waals surface area contributed by atoms with Crippen molar-refractivity contribution < 1.29 is 4.74 Å². The van der Waals surface area contributed by atoms with Crippen molar-refractivity contribution in [3.63, 3.8) is 0 Å². The third kappa shape index (κ3) is 4.07. The van der Waals surface area contributed by atoms with Gasteiger partial charge < -0.3 is 15.0 Å². The van der Waals surface area contributed by atoms with Crippen LogP contribution in [0.1, 0.15) is 20.3 Å². The zero-order valence-corrected chi connectivity index (χ0v) is 9.05. The molecule has 1 saturated heterocycles. The summed E-state index contributed by atoms with van der Waals surface area (Å²) in [5.74, 6) is 0. The lowest BCUT2D eigenvalue weighted by atomic mass is 10.1. The Morgan fingerprint density at radius 3 is 2.46 bits per heavy atom. The van der Waals surface area contributed by atoms with Crippen LogP contribution in [0.15, 0.2) is 0 Å². The third-order valence-electron chi connectivity index (χ3n) is 2.46. The van der Waals surface area contributed by atoms with Gasteiger partial charge in [-0.2, -0.15) is 0 Å². The van der Waals surface area contributed by atoms with E-state index in [-0.39, 0.29) is 0 Å².